The summed E-state index contributed by atoms with van der Waals surface area (Å²) < 4.78 is 11.1. The van der Waals surface area contributed by atoms with Gasteiger partial charge in [-0.2, -0.15) is 0 Å². The zero-order valence-corrected chi connectivity index (χ0v) is 16.0. The van der Waals surface area contributed by atoms with Gasteiger partial charge >= 0.3 is 11.9 Å². The second-order valence-corrected chi connectivity index (χ2v) is 8.64. The van der Waals surface area contributed by atoms with E-state index in [-0.39, 0.29) is 0 Å². The lowest BCUT2D eigenvalue weighted by molar-refractivity contribution is -0.181. The summed E-state index contributed by atoms with van der Waals surface area (Å²) in [6.45, 7) is 14.5. The molecular formula is C20H32O4. The Morgan fingerprint density at radius 1 is 0.958 bits per heavy atom. The maximum absolute atomic E-state index is 12.9. The third-order valence-electron chi connectivity index (χ3n) is 4.03. The Labute approximate surface area is 146 Å². The molecule has 0 saturated heterocycles. The highest BCUT2D eigenvalue weighted by atomic mass is 16.6. The van der Waals surface area contributed by atoms with E-state index in [1.807, 2.05) is 0 Å². The van der Waals surface area contributed by atoms with Gasteiger partial charge < -0.3 is 9.47 Å². The number of rotatable bonds is 4. The van der Waals surface area contributed by atoms with Gasteiger partial charge in [0.1, 0.15) is 11.2 Å². The number of esters is 2. The molecule has 0 spiro atoms. The number of hydrogen-bond acceptors (Lipinski definition) is 4. The maximum atomic E-state index is 12.9. The Hall–Kier alpha value is -1.54. The van der Waals surface area contributed by atoms with Crippen LogP contribution in [0.3, 0.4) is 0 Å². The van der Waals surface area contributed by atoms with Crippen LogP contribution in [0, 0.1) is 11.3 Å². The molecule has 1 fully saturated rings. The normalized spacial score (nSPS) is 17.8. The van der Waals surface area contributed by atoms with Crippen molar-refractivity contribution in [3.05, 3.63) is 18.4 Å². The molecule has 1 aliphatic rings. The Morgan fingerprint density at radius 2 is 1.38 bits per heavy atom. The zero-order valence-electron chi connectivity index (χ0n) is 16.0. The first-order valence-electron chi connectivity index (χ1n) is 8.73. The van der Waals surface area contributed by atoms with Crippen molar-refractivity contribution in [2.75, 3.05) is 0 Å². The molecule has 0 N–H and O–H groups in total. The lowest BCUT2D eigenvalue weighted by Crippen LogP contribution is -2.46. The molecule has 4 nitrogen and oxygen atoms in total. The fourth-order valence-electron chi connectivity index (χ4n) is 3.22. The van der Waals surface area contributed by atoms with Crippen LogP contribution in [0.1, 0.15) is 73.6 Å². The summed E-state index contributed by atoms with van der Waals surface area (Å²) in [6, 6.07) is 0. The summed E-state index contributed by atoms with van der Waals surface area (Å²) in [4.78, 5) is 25.7. The molecule has 1 rings (SSSR count). The van der Waals surface area contributed by atoms with Crippen LogP contribution < -0.4 is 0 Å². The van der Waals surface area contributed by atoms with Gasteiger partial charge in [0.15, 0.2) is 5.92 Å². The molecule has 0 aromatic rings. The average molecular weight is 336 g/mol. The molecule has 0 atom stereocenters. The summed E-state index contributed by atoms with van der Waals surface area (Å²) in [5.74, 6) is -2.03. The lowest BCUT2D eigenvalue weighted by Gasteiger charge is -2.40. The van der Waals surface area contributed by atoms with E-state index in [1.165, 1.54) is 0 Å². The first-order chi connectivity index (χ1) is 10.9. The van der Waals surface area contributed by atoms with Crippen molar-refractivity contribution in [2.45, 2.75) is 84.8 Å². The van der Waals surface area contributed by atoms with E-state index in [0.29, 0.717) is 0 Å². The SMILES string of the molecule is C=C=CC1(C(C(=O)OC(C)(C)C)C(=O)OC(C)(C)C)CCCCC1. The standard InChI is InChI=1S/C20H32O4/c1-8-12-20(13-10-9-11-14-20)15(16(21)23-18(2,3)4)17(22)24-19(5,6)7/h12,15H,1,9-11,13-14H2,2-7H3. The van der Waals surface area contributed by atoms with Crippen LogP contribution in [-0.2, 0) is 19.1 Å². The van der Waals surface area contributed by atoms with Crippen LogP contribution in [0.15, 0.2) is 18.4 Å². The highest BCUT2D eigenvalue weighted by Crippen LogP contribution is 2.45. The summed E-state index contributed by atoms with van der Waals surface area (Å²) >= 11 is 0. The molecule has 0 bridgehead atoms. The van der Waals surface area contributed by atoms with Crippen molar-refractivity contribution < 1.29 is 19.1 Å². The molecule has 1 aliphatic carbocycles. The van der Waals surface area contributed by atoms with E-state index in [4.69, 9.17) is 9.47 Å². The lowest BCUT2D eigenvalue weighted by atomic mass is 9.65. The molecule has 0 aromatic carbocycles. The molecule has 1 saturated carbocycles. The highest BCUT2D eigenvalue weighted by molar-refractivity contribution is 5.96. The second kappa shape index (κ2) is 7.57. The van der Waals surface area contributed by atoms with Crippen molar-refractivity contribution in [1.29, 1.82) is 0 Å². The minimum absolute atomic E-state index is 0.523. The number of hydrogen-bond donors (Lipinski definition) is 0. The van der Waals surface area contributed by atoms with Crippen molar-refractivity contribution >= 4 is 11.9 Å². The Morgan fingerprint density at radius 3 is 1.71 bits per heavy atom. The Bertz CT molecular complexity index is 479. The third-order valence-corrected chi connectivity index (χ3v) is 4.03. The molecule has 0 aliphatic heterocycles. The summed E-state index contributed by atoms with van der Waals surface area (Å²) in [7, 11) is 0. The van der Waals surface area contributed by atoms with Gasteiger partial charge in [0.05, 0.1) is 0 Å². The quantitative estimate of drug-likeness (QED) is 0.428. The van der Waals surface area contributed by atoms with E-state index in [2.05, 4.69) is 12.3 Å². The fraction of sp³-hybridized carbons (Fsp3) is 0.750. The summed E-state index contributed by atoms with van der Waals surface area (Å²) in [6.07, 6.45) is 6.27. The van der Waals surface area contributed by atoms with E-state index in [9.17, 15) is 9.59 Å². The van der Waals surface area contributed by atoms with Gasteiger partial charge in [-0.25, -0.2) is 0 Å². The molecule has 0 unspecified atom stereocenters. The first-order valence-corrected chi connectivity index (χ1v) is 8.73. The van der Waals surface area contributed by atoms with Crippen molar-refractivity contribution in [3.8, 4) is 0 Å². The molecule has 0 radical (unpaired) electrons. The van der Waals surface area contributed by atoms with Crippen molar-refractivity contribution in [2.24, 2.45) is 11.3 Å². The number of allylic oxidation sites excluding steroid dienone is 1. The first kappa shape index (κ1) is 20.5. The van der Waals surface area contributed by atoms with Crippen LogP contribution in [0.2, 0.25) is 0 Å². The number of carbonyl (C=O) groups is 2. The predicted octanol–water partition coefficient (Wildman–Crippen LogP) is 4.58. The van der Waals surface area contributed by atoms with Gasteiger partial charge in [-0.05, 0) is 60.5 Å². The molecule has 0 heterocycles. The van der Waals surface area contributed by atoms with E-state index in [0.717, 1.165) is 32.1 Å². The summed E-state index contributed by atoms with van der Waals surface area (Å²) in [5.41, 5.74) is 0.860. The van der Waals surface area contributed by atoms with Crippen LogP contribution in [0.4, 0.5) is 0 Å². The zero-order chi connectivity index (χ0) is 18.6. The molecular weight excluding hydrogens is 304 g/mol. The highest BCUT2D eigenvalue weighted by Gasteiger charge is 2.50. The topological polar surface area (TPSA) is 52.6 Å². The van der Waals surface area contributed by atoms with Crippen LogP contribution >= 0.6 is 0 Å². The number of ether oxygens (including phenoxy) is 2. The predicted molar refractivity (Wildman–Crippen MR) is 94.4 cm³/mol. The second-order valence-electron chi connectivity index (χ2n) is 8.64. The molecule has 0 aromatic heterocycles. The van der Waals surface area contributed by atoms with Gasteiger partial charge in [-0.15, -0.1) is 5.73 Å². The van der Waals surface area contributed by atoms with Gasteiger partial charge in [-0.1, -0.05) is 25.8 Å². The van der Waals surface area contributed by atoms with Crippen LogP contribution in [0.25, 0.3) is 0 Å². The van der Waals surface area contributed by atoms with Crippen LogP contribution in [-0.4, -0.2) is 23.1 Å². The Kier molecular flexibility index (Phi) is 6.46. The molecule has 136 valence electrons. The smallest absolute Gasteiger partial charge is 0.321 e. The monoisotopic (exact) mass is 336 g/mol. The molecule has 24 heavy (non-hydrogen) atoms. The van der Waals surface area contributed by atoms with Gasteiger partial charge in [0, 0.05) is 5.41 Å². The fourth-order valence-corrected chi connectivity index (χ4v) is 3.22. The third kappa shape index (κ3) is 5.83. The van der Waals surface area contributed by atoms with Gasteiger partial charge in [0.2, 0.25) is 0 Å². The summed E-state index contributed by atoms with van der Waals surface area (Å²) in [5, 5.41) is 0. The minimum Gasteiger partial charge on any atom is -0.459 e. The van der Waals surface area contributed by atoms with E-state index >= 15 is 0 Å². The van der Waals surface area contributed by atoms with Gasteiger partial charge in [0.25, 0.3) is 0 Å². The van der Waals surface area contributed by atoms with Crippen molar-refractivity contribution in [1.82, 2.24) is 0 Å². The van der Waals surface area contributed by atoms with Gasteiger partial charge in [-0.3, -0.25) is 9.59 Å². The number of carbonyl (C=O) groups excluding carboxylic acids is 2. The van der Waals surface area contributed by atoms with Crippen molar-refractivity contribution in [3.63, 3.8) is 0 Å². The van der Waals surface area contributed by atoms with E-state index in [1.54, 1.807) is 47.6 Å². The minimum atomic E-state index is -0.981. The molecule has 0 amide bonds. The average Bonchev–Trinajstić information content (AvgIpc) is 2.35. The Balaban J connectivity index is 3.26. The van der Waals surface area contributed by atoms with Crippen LogP contribution in [0.5, 0.6) is 0 Å². The van der Waals surface area contributed by atoms with E-state index < -0.39 is 34.5 Å². The maximum Gasteiger partial charge on any atom is 0.321 e. The molecule has 4 heteroatoms. The largest absolute Gasteiger partial charge is 0.459 e.